The first-order valence-electron chi connectivity index (χ1n) is 5.03. The van der Waals surface area contributed by atoms with E-state index in [-0.39, 0.29) is 0 Å². The highest BCUT2D eigenvalue weighted by atomic mass is 14.8. The number of hydrogen-bond donors (Lipinski definition) is 1. The zero-order valence-corrected chi connectivity index (χ0v) is 9.52. The average molecular weight is 189 g/mol. The lowest BCUT2D eigenvalue weighted by molar-refractivity contribution is 0.867. The van der Waals surface area contributed by atoms with Gasteiger partial charge in [-0.1, -0.05) is 32.6 Å². The fourth-order valence-corrected chi connectivity index (χ4v) is 1.50. The van der Waals surface area contributed by atoms with E-state index in [0.717, 1.165) is 5.57 Å². The van der Waals surface area contributed by atoms with Gasteiger partial charge in [-0.2, -0.15) is 0 Å². The summed E-state index contributed by atoms with van der Waals surface area (Å²) in [6.07, 6.45) is 0. The maximum atomic E-state index is 3.97. The van der Waals surface area contributed by atoms with Gasteiger partial charge in [0.1, 0.15) is 0 Å². The molecule has 14 heavy (non-hydrogen) atoms. The second-order valence-electron chi connectivity index (χ2n) is 3.99. The van der Waals surface area contributed by atoms with Gasteiger partial charge in [0.25, 0.3) is 0 Å². The van der Waals surface area contributed by atoms with Crippen molar-refractivity contribution in [2.75, 3.05) is 12.4 Å². The Balaban J connectivity index is 3.18. The third kappa shape index (κ3) is 2.16. The molecular weight excluding hydrogens is 170 g/mol. The normalized spacial score (nSPS) is 10.4. The molecular formula is C13H19N. The zero-order valence-electron chi connectivity index (χ0n) is 9.52. The molecule has 0 radical (unpaired) electrons. The molecule has 1 N–H and O–H groups in total. The maximum Gasteiger partial charge on any atom is 0.0416 e. The van der Waals surface area contributed by atoms with E-state index in [9.17, 15) is 0 Å². The van der Waals surface area contributed by atoms with E-state index in [1.807, 2.05) is 14.0 Å². The predicted molar refractivity (Wildman–Crippen MR) is 64.8 cm³/mol. The molecule has 1 aromatic rings. The molecule has 0 amide bonds. The van der Waals surface area contributed by atoms with Crippen molar-refractivity contribution in [3.05, 3.63) is 35.9 Å². The number of hydrogen-bond acceptors (Lipinski definition) is 1. The van der Waals surface area contributed by atoms with E-state index in [2.05, 4.69) is 43.9 Å². The number of benzene rings is 1. The van der Waals surface area contributed by atoms with Gasteiger partial charge in [0.2, 0.25) is 0 Å². The number of rotatable bonds is 3. The third-order valence-electron chi connectivity index (χ3n) is 2.44. The van der Waals surface area contributed by atoms with Crippen LogP contribution in [0.4, 0.5) is 5.69 Å². The summed E-state index contributed by atoms with van der Waals surface area (Å²) in [6.45, 7) is 10.4. The Morgan fingerprint density at radius 2 is 2.00 bits per heavy atom. The van der Waals surface area contributed by atoms with Crippen molar-refractivity contribution < 1.29 is 0 Å². The minimum Gasteiger partial charge on any atom is -0.388 e. The van der Waals surface area contributed by atoms with Crippen LogP contribution in [0.15, 0.2) is 24.8 Å². The van der Waals surface area contributed by atoms with Crippen LogP contribution in [-0.4, -0.2) is 7.05 Å². The molecule has 0 aliphatic rings. The summed E-state index contributed by atoms with van der Waals surface area (Å²) in [5.41, 5.74) is 4.84. The van der Waals surface area contributed by atoms with E-state index in [4.69, 9.17) is 0 Å². The van der Waals surface area contributed by atoms with Crippen molar-refractivity contribution >= 4 is 11.3 Å². The largest absolute Gasteiger partial charge is 0.388 e. The summed E-state index contributed by atoms with van der Waals surface area (Å²) < 4.78 is 0. The molecule has 0 heterocycles. The molecule has 0 atom stereocenters. The molecule has 0 saturated heterocycles. The van der Waals surface area contributed by atoms with Gasteiger partial charge < -0.3 is 5.32 Å². The molecule has 0 saturated carbocycles. The molecule has 0 aliphatic heterocycles. The van der Waals surface area contributed by atoms with Gasteiger partial charge in [0.15, 0.2) is 0 Å². The summed E-state index contributed by atoms with van der Waals surface area (Å²) >= 11 is 0. The Bertz CT molecular complexity index is 337. The fraction of sp³-hybridized carbons (Fsp3) is 0.385. The first-order chi connectivity index (χ1) is 6.56. The number of nitrogens with one attached hydrogen (secondary N) is 1. The lowest BCUT2D eigenvalue weighted by atomic mass is 9.98. The quantitative estimate of drug-likeness (QED) is 0.760. The second-order valence-corrected chi connectivity index (χ2v) is 3.99. The van der Waals surface area contributed by atoms with Crippen LogP contribution in [0.3, 0.4) is 0 Å². The minimum absolute atomic E-state index is 0.571. The Morgan fingerprint density at radius 1 is 1.36 bits per heavy atom. The molecule has 0 fully saturated rings. The molecule has 0 aromatic heterocycles. The lowest BCUT2D eigenvalue weighted by Gasteiger charge is -2.13. The van der Waals surface area contributed by atoms with Crippen molar-refractivity contribution in [3.8, 4) is 0 Å². The van der Waals surface area contributed by atoms with Crippen LogP contribution < -0.4 is 5.32 Å². The van der Waals surface area contributed by atoms with Crippen LogP contribution >= 0.6 is 0 Å². The van der Waals surface area contributed by atoms with Crippen molar-refractivity contribution in [2.24, 2.45) is 0 Å². The van der Waals surface area contributed by atoms with Gasteiger partial charge in [0.05, 0.1) is 0 Å². The smallest absolute Gasteiger partial charge is 0.0416 e. The summed E-state index contributed by atoms with van der Waals surface area (Å²) in [5, 5.41) is 3.21. The van der Waals surface area contributed by atoms with Crippen molar-refractivity contribution in [1.82, 2.24) is 0 Å². The standard InChI is InChI=1S/C13H19N/c1-9(2)11-6-7-12(10(3)4)13(8-11)14-5/h6-9,14H,3H2,1-2,4-5H3. The van der Waals surface area contributed by atoms with Crippen molar-refractivity contribution in [2.45, 2.75) is 26.7 Å². The topological polar surface area (TPSA) is 12.0 Å². The van der Waals surface area contributed by atoms with Crippen molar-refractivity contribution in [3.63, 3.8) is 0 Å². The van der Waals surface area contributed by atoms with Crippen LogP contribution in [-0.2, 0) is 0 Å². The van der Waals surface area contributed by atoms with Crippen LogP contribution in [0, 0.1) is 0 Å². The van der Waals surface area contributed by atoms with E-state index >= 15 is 0 Å². The molecule has 1 rings (SSSR count). The second kappa shape index (κ2) is 4.32. The first-order valence-corrected chi connectivity index (χ1v) is 5.03. The molecule has 0 unspecified atom stereocenters. The monoisotopic (exact) mass is 189 g/mol. The molecule has 0 aliphatic carbocycles. The predicted octanol–water partition coefficient (Wildman–Crippen LogP) is 3.88. The molecule has 76 valence electrons. The number of anilines is 1. The van der Waals surface area contributed by atoms with Gasteiger partial charge in [-0.15, -0.1) is 0 Å². The molecule has 1 aromatic carbocycles. The van der Waals surface area contributed by atoms with E-state index < -0.39 is 0 Å². The Labute approximate surface area is 86.8 Å². The van der Waals surface area contributed by atoms with Crippen molar-refractivity contribution in [1.29, 1.82) is 0 Å². The van der Waals surface area contributed by atoms with Gasteiger partial charge in [0, 0.05) is 12.7 Å². The van der Waals surface area contributed by atoms with E-state index in [1.54, 1.807) is 0 Å². The molecule has 1 nitrogen and oxygen atoms in total. The van der Waals surface area contributed by atoms with Crippen LogP contribution in [0.5, 0.6) is 0 Å². The van der Waals surface area contributed by atoms with E-state index in [0.29, 0.717) is 5.92 Å². The highest BCUT2D eigenvalue weighted by Crippen LogP contribution is 2.26. The Hall–Kier alpha value is -1.24. The summed E-state index contributed by atoms with van der Waals surface area (Å²) in [6, 6.07) is 6.52. The third-order valence-corrected chi connectivity index (χ3v) is 2.44. The zero-order chi connectivity index (χ0) is 10.7. The molecule has 0 spiro atoms. The van der Waals surface area contributed by atoms with Crippen LogP contribution in [0.25, 0.3) is 5.57 Å². The molecule has 0 bridgehead atoms. The molecule has 1 heteroatoms. The van der Waals surface area contributed by atoms with Crippen LogP contribution in [0.1, 0.15) is 37.8 Å². The average Bonchev–Trinajstić information content (AvgIpc) is 2.16. The summed E-state index contributed by atoms with van der Waals surface area (Å²) in [7, 11) is 1.95. The Morgan fingerprint density at radius 3 is 2.43 bits per heavy atom. The SMILES string of the molecule is C=C(C)c1ccc(C(C)C)cc1NC. The van der Waals surface area contributed by atoms with Gasteiger partial charge >= 0.3 is 0 Å². The van der Waals surface area contributed by atoms with Crippen LogP contribution in [0.2, 0.25) is 0 Å². The summed E-state index contributed by atoms with van der Waals surface area (Å²) in [4.78, 5) is 0. The highest BCUT2D eigenvalue weighted by molar-refractivity contribution is 5.74. The fourth-order valence-electron chi connectivity index (χ4n) is 1.50. The summed E-state index contributed by atoms with van der Waals surface area (Å²) in [5.74, 6) is 0.571. The van der Waals surface area contributed by atoms with Gasteiger partial charge in [-0.3, -0.25) is 0 Å². The number of allylic oxidation sites excluding steroid dienone is 1. The first kappa shape index (κ1) is 10.8. The van der Waals surface area contributed by atoms with Gasteiger partial charge in [-0.05, 0) is 35.6 Å². The highest BCUT2D eigenvalue weighted by Gasteiger charge is 2.05. The van der Waals surface area contributed by atoms with E-state index in [1.165, 1.54) is 16.8 Å². The Kier molecular flexibility index (Phi) is 3.34. The van der Waals surface area contributed by atoms with Gasteiger partial charge in [-0.25, -0.2) is 0 Å². The lowest BCUT2D eigenvalue weighted by Crippen LogP contribution is -1.96. The maximum absolute atomic E-state index is 3.97. The minimum atomic E-state index is 0.571.